The molecule has 0 saturated heterocycles. The van der Waals surface area contributed by atoms with Crippen LogP contribution in [0.4, 0.5) is 5.69 Å². The van der Waals surface area contributed by atoms with Gasteiger partial charge in [0.15, 0.2) is 11.5 Å². The molecule has 0 N–H and O–H groups in total. The fourth-order valence-electron chi connectivity index (χ4n) is 2.35. The summed E-state index contributed by atoms with van der Waals surface area (Å²) in [5.74, 6) is 0.622. The van der Waals surface area contributed by atoms with Crippen molar-refractivity contribution in [1.82, 2.24) is 4.90 Å². The number of sulfonamides is 1. The summed E-state index contributed by atoms with van der Waals surface area (Å²) in [4.78, 5) is 13.5. The van der Waals surface area contributed by atoms with Crippen LogP contribution in [0.15, 0.2) is 47.4 Å². The van der Waals surface area contributed by atoms with E-state index in [2.05, 4.69) is 0 Å². The van der Waals surface area contributed by atoms with E-state index in [0.29, 0.717) is 22.7 Å². The number of carbonyl (C=O) groups excluding carboxylic acids is 1. The zero-order chi connectivity index (χ0) is 19.5. The first kappa shape index (κ1) is 19.6. The molecule has 0 atom stereocenters. The molecule has 2 aromatic rings. The molecule has 0 aliphatic carbocycles. The van der Waals surface area contributed by atoms with Crippen LogP contribution in [0.2, 0.25) is 0 Å². The fourth-order valence-corrected chi connectivity index (χ4v) is 3.56. The molecule has 0 saturated carbocycles. The quantitative estimate of drug-likeness (QED) is 0.770. The first-order valence-electron chi connectivity index (χ1n) is 7.75. The van der Waals surface area contributed by atoms with Crippen LogP contribution in [0.1, 0.15) is 10.4 Å². The molecule has 0 spiro atoms. The highest BCUT2D eigenvalue weighted by molar-refractivity contribution is 7.92. The van der Waals surface area contributed by atoms with E-state index >= 15 is 0 Å². The molecule has 26 heavy (non-hydrogen) atoms. The molecular weight excluding hydrogens is 356 g/mol. The average molecular weight is 378 g/mol. The molecule has 1 amide bonds. The van der Waals surface area contributed by atoms with Gasteiger partial charge in [-0.3, -0.25) is 9.10 Å². The summed E-state index contributed by atoms with van der Waals surface area (Å²) in [6.07, 6.45) is 0. The van der Waals surface area contributed by atoms with Crippen LogP contribution < -0.4 is 13.8 Å². The van der Waals surface area contributed by atoms with Gasteiger partial charge < -0.3 is 14.4 Å². The van der Waals surface area contributed by atoms with Crippen LogP contribution in [-0.4, -0.2) is 54.6 Å². The van der Waals surface area contributed by atoms with Crippen LogP contribution in [0, 0.1) is 0 Å². The molecule has 0 aliphatic heterocycles. The number of benzene rings is 2. The second kappa shape index (κ2) is 7.65. The van der Waals surface area contributed by atoms with E-state index in [4.69, 9.17) is 9.47 Å². The highest BCUT2D eigenvalue weighted by atomic mass is 32.2. The second-order valence-electron chi connectivity index (χ2n) is 5.74. The van der Waals surface area contributed by atoms with Gasteiger partial charge in [-0.15, -0.1) is 0 Å². The maximum absolute atomic E-state index is 12.9. The third-order valence-electron chi connectivity index (χ3n) is 3.90. The summed E-state index contributed by atoms with van der Waals surface area (Å²) >= 11 is 0. The Labute approximate surface area is 153 Å². The van der Waals surface area contributed by atoms with E-state index in [1.807, 2.05) is 0 Å². The zero-order valence-corrected chi connectivity index (χ0v) is 16.2. The van der Waals surface area contributed by atoms with Crippen LogP contribution in [-0.2, 0) is 10.0 Å². The molecule has 2 rings (SSSR count). The highest BCUT2D eigenvalue weighted by Gasteiger charge is 2.23. The Morgan fingerprint density at radius 2 is 1.46 bits per heavy atom. The van der Waals surface area contributed by atoms with E-state index in [0.717, 1.165) is 4.31 Å². The van der Waals surface area contributed by atoms with E-state index < -0.39 is 10.0 Å². The number of methoxy groups -OCH3 is 2. The van der Waals surface area contributed by atoms with Crippen LogP contribution in [0.25, 0.3) is 0 Å². The molecule has 7 nitrogen and oxygen atoms in total. The Morgan fingerprint density at radius 1 is 0.885 bits per heavy atom. The number of anilines is 1. The Bertz CT molecular complexity index is 892. The molecule has 0 fully saturated rings. The zero-order valence-electron chi connectivity index (χ0n) is 15.4. The van der Waals surface area contributed by atoms with Crippen molar-refractivity contribution >= 4 is 21.6 Å². The summed E-state index contributed by atoms with van der Waals surface area (Å²) in [5, 5.41) is 0. The van der Waals surface area contributed by atoms with Crippen LogP contribution in [0.5, 0.6) is 11.5 Å². The molecular formula is C18H22N2O5S. The summed E-state index contributed by atoms with van der Waals surface area (Å²) < 4.78 is 37.2. The number of rotatable bonds is 6. The Morgan fingerprint density at radius 3 is 1.96 bits per heavy atom. The summed E-state index contributed by atoms with van der Waals surface area (Å²) in [7, 11) is 3.89. The summed E-state index contributed by atoms with van der Waals surface area (Å²) in [6, 6.07) is 10.8. The molecule has 0 aromatic heterocycles. The molecule has 0 radical (unpaired) electrons. The molecule has 2 aromatic carbocycles. The van der Waals surface area contributed by atoms with Gasteiger partial charge in [0.2, 0.25) is 0 Å². The fraction of sp³-hybridized carbons (Fsp3) is 0.278. The van der Waals surface area contributed by atoms with Gasteiger partial charge in [-0.05, 0) is 36.4 Å². The van der Waals surface area contributed by atoms with Crippen molar-refractivity contribution in [3.05, 3.63) is 48.0 Å². The van der Waals surface area contributed by atoms with E-state index in [1.165, 1.54) is 38.3 Å². The molecule has 8 heteroatoms. The topological polar surface area (TPSA) is 76.2 Å². The number of nitrogens with zero attached hydrogens (tertiary/aromatic N) is 2. The average Bonchev–Trinajstić information content (AvgIpc) is 2.66. The molecule has 0 bridgehead atoms. The smallest absolute Gasteiger partial charge is 0.264 e. The molecule has 0 unspecified atom stereocenters. The van der Waals surface area contributed by atoms with Gasteiger partial charge in [0.05, 0.1) is 24.8 Å². The number of carbonyl (C=O) groups is 1. The number of amides is 1. The maximum Gasteiger partial charge on any atom is 0.264 e. The van der Waals surface area contributed by atoms with Gasteiger partial charge >= 0.3 is 0 Å². The lowest BCUT2D eigenvalue weighted by atomic mass is 10.2. The maximum atomic E-state index is 12.9. The van der Waals surface area contributed by atoms with Crippen molar-refractivity contribution in [3.8, 4) is 11.5 Å². The predicted molar refractivity (Wildman–Crippen MR) is 99.6 cm³/mol. The lowest BCUT2D eigenvalue weighted by Gasteiger charge is -2.21. The van der Waals surface area contributed by atoms with Gasteiger partial charge in [0, 0.05) is 32.8 Å². The van der Waals surface area contributed by atoms with E-state index in [9.17, 15) is 13.2 Å². The minimum absolute atomic E-state index is 0.0751. The monoisotopic (exact) mass is 378 g/mol. The normalized spacial score (nSPS) is 11.0. The van der Waals surface area contributed by atoms with Crippen molar-refractivity contribution in [2.24, 2.45) is 0 Å². The molecule has 0 aliphatic rings. The lowest BCUT2D eigenvalue weighted by molar-refractivity contribution is 0.0827. The summed E-state index contributed by atoms with van der Waals surface area (Å²) in [5.41, 5.74) is 0.922. The van der Waals surface area contributed by atoms with Gasteiger partial charge in [-0.25, -0.2) is 8.42 Å². The Balaban J connectivity index is 2.36. The first-order valence-corrected chi connectivity index (χ1v) is 9.19. The van der Waals surface area contributed by atoms with E-state index in [-0.39, 0.29) is 10.8 Å². The number of hydrogen-bond acceptors (Lipinski definition) is 5. The molecule has 0 heterocycles. The minimum Gasteiger partial charge on any atom is -0.493 e. The second-order valence-corrected chi connectivity index (χ2v) is 7.71. The van der Waals surface area contributed by atoms with Gasteiger partial charge in [0.25, 0.3) is 15.9 Å². The standard InChI is InChI=1S/C18H22N2O5S/c1-19(2)18(21)13-6-8-14(9-7-13)20(3)26(22,23)15-10-11-16(24-4)17(12-15)25-5/h6-12H,1-5H3. The lowest BCUT2D eigenvalue weighted by Crippen LogP contribution is -2.27. The first-order chi connectivity index (χ1) is 12.2. The van der Waals surface area contributed by atoms with Gasteiger partial charge in [-0.1, -0.05) is 0 Å². The van der Waals surface area contributed by atoms with Crippen molar-refractivity contribution in [3.63, 3.8) is 0 Å². The van der Waals surface area contributed by atoms with Crippen LogP contribution in [0.3, 0.4) is 0 Å². The van der Waals surface area contributed by atoms with Crippen molar-refractivity contribution in [1.29, 1.82) is 0 Å². The SMILES string of the molecule is COc1ccc(S(=O)(=O)N(C)c2ccc(C(=O)N(C)C)cc2)cc1OC. The van der Waals surface area contributed by atoms with Crippen molar-refractivity contribution in [2.45, 2.75) is 4.90 Å². The summed E-state index contributed by atoms with van der Waals surface area (Å²) in [6.45, 7) is 0. The predicted octanol–water partition coefficient (Wildman–Crippen LogP) is 2.23. The number of hydrogen-bond donors (Lipinski definition) is 0. The number of ether oxygens (including phenoxy) is 2. The molecule has 140 valence electrons. The van der Waals surface area contributed by atoms with Gasteiger partial charge in [-0.2, -0.15) is 0 Å². The van der Waals surface area contributed by atoms with Crippen LogP contribution >= 0.6 is 0 Å². The van der Waals surface area contributed by atoms with E-state index in [1.54, 1.807) is 44.4 Å². The van der Waals surface area contributed by atoms with Crippen molar-refractivity contribution < 1.29 is 22.7 Å². The largest absolute Gasteiger partial charge is 0.493 e. The highest BCUT2D eigenvalue weighted by Crippen LogP contribution is 2.31. The third kappa shape index (κ3) is 3.75. The minimum atomic E-state index is -3.80. The Hall–Kier alpha value is -2.74. The van der Waals surface area contributed by atoms with Gasteiger partial charge in [0.1, 0.15) is 0 Å². The van der Waals surface area contributed by atoms with Crippen molar-refractivity contribution in [2.75, 3.05) is 39.7 Å². The third-order valence-corrected chi connectivity index (χ3v) is 5.68. The Kier molecular flexibility index (Phi) is 5.76.